The largest absolute Gasteiger partial charge is 0.497 e. The molecule has 3 N–H and O–H groups in total. The first-order valence-electron chi connectivity index (χ1n) is 8.49. The summed E-state index contributed by atoms with van der Waals surface area (Å²) in [4.78, 5) is 0. The Labute approximate surface area is 164 Å². The van der Waals surface area contributed by atoms with E-state index in [1.54, 1.807) is 53.0 Å². The number of hydrogen-bond donors (Lipinski definition) is 3. The SMILES string of the molecule is COC1=C(OC)CC(/C=N/NC(=N)N/N=C/c2ccc(OC)c(OC)c2)C=C1. The van der Waals surface area contributed by atoms with E-state index >= 15 is 0 Å². The molecule has 0 spiro atoms. The van der Waals surface area contributed by atoms with Gasteiger partial charge < -0.3 is 18.9 Å². The molecule has 1 aliphatic rings. The zero-order chi connectivity index (χ0) is 20.4. The number of rotatable bonds is 8. The Morgan fingerprint density at radius 2 is 1.79 bits per heavy atom. The maximum Gasteiger partial charge on any atom is 0.230 e. The van der Waals surface area contributed by atoms with Crippen LogP contribution in [0.25, 0.3) is 0 Å². The lowest BCUT2D eigenvalue weighted by Crippen LogP contribution is -2.29. The first kappa shape index (κ1) is 20.8. The minimum atomic E-state index is -0.0622. The van der Waals surface area contributed by atoms with Crippen LogP contribution in [0, 0.1) is 11.3 Å². The van der Waals surface area contributed by atoms with Gasteiger partial charge in [0, 0.05) is 18.6 Å². The van der Waals surface area contributed by atoms with Gasteiger partial charge in [-0.25, -0.2) is 10.9 Å². The number of hydrogen-bond acceptors (Lipinski definition) is 7. The Bertz CT molecular complexity index is 802. The first-order chi connectivity index (χ1) is 13.6. The number of hydrazone groups is 2. The third-order valence-corrected chi connectivity index (χ3v) is 3.90. The van der Waals surface area contributed by atoms with Gasteiger partial charge in [0.2, 0.25) is 5.96 Å². The molecule has 0 bridgehead atoms. The van der Waals surface area contributed by atoms with Gasteiger partial charge in [-0.05, 0) is 29.8 Å². The Kier molecular flexibility index (Phi) is 7.89. The third-order valence-electron chi connectivity index (χ3n) is 3.90. The first-order valence-corrected chi connectivity index (χ1v) is 8.49. The monoisotopic (exact) mass is 387 g/mol. The zero-order valence-corrected chi connectivity index (χ0v) is 16.4. The van der Waals surface area contributed by atoms with Crippen LogP contribution >= 0.6 is 0 Å². The van der Waals surface area contributed by atoms with Crippen LogP contribution in [0.5, 0.6) is 11.5 Å². The van der Waals surface area contributed by atoms with Crippen molar-refractivity contribution < 1.29 is 18.9 Å². The number of benzene rings is 1. The molecule has 1 aromatic carbocycles. The molecule has 150 valence electrons. The second-order valence-electron chi connectivity index (χ2n) is 5.67. The lowest BCUT2D eigenvalue weighted by atomic mass is 10.00. The van der Waals surface area contributed by atoms with E-state index in [2.05, 4.69) is 21.1 Å². The highest BCUT2D eigenvalue weighted by atomic mass is 16.5. The predicted molar refractivity (Wildman–Crippen MR) is 108 cm³/mol. The summed E-state index contributed by atoms with van der Waals surface area (Å²) in [6, 6.07) is 5.39. The van der Waals surface area contributed by atoms with Gasteiger partial charge in [-0.15, -0.1) is 0 Å². The number of nitrogens with zero attached hydrogens (tertiary/aromatic N) is 2. The summed E-state index contributed by atoms with van der Waals surface area (Å²) in [5.41, 5.74) is 5.92. The molecule has 9 heteroatoms. The van der Waals surface area contributed by atoms with Gasteiger partial charge in [0.15, 0.2) is 17.3 Å². The van der Waals surface area contributed by atoms with E-state index in [0.717, 1.165) is 11.3 Å². The highest BCUT2D eigenvalue weighted by molar-refractivity contribution is 5.83. The number of nitrogens with one attached hydrogen (secondary N) is 3. The van der Waals surface area contributed by atoms with Crippen molar-refractivity contribution in [2.75, 3.05) is 28.4 Å². The molecule has 0 heterocycles. The molecule has 0 amide bonds. The van der Waals surface area contributed by atoms with Crippen LogP contribution in [-0.2, 0) is 9.47 Å². The minimum absolute atomic E-state index is 0.0458. The molecule has 1 aromatic rings. The van der Waals surface area contributed by atoms with Gasteiger partial charge >= 0.3 is 0 Å². The average molecular weight is 387 g/mol. The molecule has 1 atom stereocenters. The lowest BCUT2D eigenvalue weighted by Gasteiger charge is -2.17. The number of methoxy groups -OCH3 is 4. The molecule has 0 saturated carbocycles. The third kappa shape index (κ3) is 5.76. The van der Waals surface area contributed by atoms with E-state index in [1.807, 2.05) is 18.2 Å². The second-order valence-corrected chi connectivity index (χ2v) is 5.67. The molecule has 0 aliphatic heterocycles. The molecule has 1 unspecified atom stereocenters. The molecule has 0 fully saturated rings. The molecule has 0 aromatic heterocycles. The van der Waals surface area contributed by atoms with Gasteiger partial charge in [0.05, 0.1) is 34.7 Å². The van der Waals surface area contributed by atoms with Crippen molar-refractivity contribution in [3.8, 4) is 11.5 Å². The fourth-order valence-electron chi connectivity index (χ4n) is 2.48. The molecule has 0 saturated heterocycles. The molecular formula is C19H25N5O4. The van der Waals surface area contributed by atoms with Crippen molar-refractivity contribution in [2.45, 2.75) is 6.42 Å². The highest BCUT2D eigenvalue weighted by Crippen LogP contribution is 2.26. The Hall–Kier alpha value is -3.49. The standard InChI is InChI=1S/C19H25N5O4/c1-25-15-7-5-13(9-17(15)27-3)11-21-23-19(20)24-22-12-14-6-8-16(26-2)18(10-14)28-4/h5-9,11-12,14H,10H2,1-4H3,(H3,20,23,24)/b21-11+,22-12+. The molecule has 9 nitrogen and oxygen atoms in total. The van der Waals surface area contributed by atoms with Crippen molar-refractivity contribution in [3.63, 3.8) is 0 Å². The molecule has 2 rings (SSSR count). The lowest BCUT2D eigenvalue weighted by molar-refractivity contribution is 0.215. The average Bonchev–Trinajstić information content (AvgIpc) is 2.73. The topological polar surface area (TPSA) is 110 Å². The van der Waals surface area contributed by atoms with Gasteiger partial charge in [-0.3, -0.25) is 5.41 Å². The molecule has 0 radical (unpaired) electrons. The number of allylic oxidation sites excluding steroid dienone is 3. The molecule has 28 heavy (non-hydrogen) atoms. The summed E-state index contributed by atoms with van der Waals surface area (Å²) in [5.74, 6) is 2.69. The van der Waals surface area contributed by atoms with Crippen LogP contribution in [-0.4, -0.2) is 46.8 Å². The van der Waals surface area contributed by atoms with Gasteiger partial charge in [-0.2, -0.15) is 10.2 Å². The highest BCUT2D eigenvalue weighted by Gasteiger charge is 2.16. The molecular weight excluding hydrogens is 362 g/mol. The van der Waals surface area contributed by atoms with E-state index in [4.69, 9.17) is 24.4 Å². The Morgan fingerprint density at radius 3 is 2.46 bits per heavy atom. The van der Waals surface area contributed by atoms with E-state index in [0.29, 0.717) is 23.7 Å². The summed E-state index contributed by atoms with van der Waals surface area (Å²) in [6.07, 6.45) is 7.69. The normalized spacial score (nSPS) is 16.4. The van der Waals surface area contributed by atoms with Gasteiger partial charge in [0.1, 0.15) is 5.76 Å². The van der Waals surface area contributed by atoms with Crippen LogP contribution in [0.3, 0.4) is 0 Å². The maximum atomic E-state index is 7.79. The maximum absolute atomic E-state index is 7.79. The van der Waals surface area contributed by atoms with E-state index in [1.165, 1.54) is 0 Å². The predicted octanol–water partition coefficient (Wildman–Crippen LogP) is 2.22. The summed E-state index contributed by atoms with van der Waals surface area (Å²) < 4.78 is 21.0. The van der Waals surface area contributed by atoms with Crippen LogP contribution < -0.4 is 20.3 Å². The zero-order valence-electron chi connectivity index (χ0n) is 16.4. The van der Waals surface area contributed by atoms with Crippen LogP contribution in [0.15, 0.2) is 52.1 Å². The summed E-state index contributed by atoms with van der Waals surface area (Å²) in [6.45, 7) is 0. The van der Waals surface area contributed by atoms with Crippen molar-refractivity contribution in [2.24, 2.45) is 16.1 Å². The fourth-order valence-corrected chi connectivity index (χ4v) is 2.48. The van der Waals surface area contributed by atoms with Gasteiger partial charge in [-0.1, -0.05) is 6.08 Å². The van der Waals surface area contributed by atoms with Crippen molar-refractivity contribution in [1.82, 2.24) is 10.9 Å². The summed E-state index contributed by atoms with van der Waals surface area (Å²) in [7, 11) is 6.35. The number of guanidine groups is 1. The summed E-state index contributed by atoms with van der Waals surface area (Å²) >= 11 is 0. The summed E-state index contributed by atoms with van der Waals surface area (Å²) in [5, 5.41) is 15.8. The van der Waals surface area contributed by atoms with E-state index in [-0.39, 0.29) is 11.9 Å². The van der Waals surface area contributed by atoms with Gasteiger partial charge in [0.25, 0.3) is 0 Å². The Balaban J connectivity index is 1.82. The number of ether oxygens (including phenoxy) is 4. The van der Waals surface area contributed by atoms with Crippen LogP contribution in [0.4, 0.5) is 0 Å². The Morgan fingerprint density at radius 1 is 1.04 bits per heavy atom. The van der Waals surface area contributed by atoms with Crippen LogP contribution in [0.1, 0.15) is 12.0 Å². The van der Waals surface area contributed by atoms with Crippen LogP contribution in [0.2, 0.25) is 0 Å². The van der Waals surface area contributed by atoms with E-state index in [9.17, 15) is 0 Å². The quantitative estimate of drug-likeness (QED) is 0.358. The van der Waals surface area contributed by atoms with Crippen molar-refractivity contribution >= 4 is 18.4 Å². The molecule has 1 aliphatic carbocycles. The van der Waals surface area contributed by atoms with Crippen molar-refractivity contribution in [3.05, 3.63) is 47.4 Å². The fraction of sp³-hybridized carbons (Fsp3) is 0.316. The minimum Gasteiger partial charge on any atom is -0.497 e. The smallest absolute Gasteiger partial charge is 0.230 e. The van der Waals surface area contributed by atoms with Crippen molar-refractivity contribution in [1.29, 1.82) is 5.41 Å². The second kappa shape index (κ2) is 10.6. The van der Waals surface area contributed by atoms with E-state index < -0.39 is 0 Å².